The van der Waals surface area contributed by atoms with Gasteiger partial charge in [-0.2, -0.15) is 39.5 Å². The van der Waals surface area contributed by atoms with Crippen LogP contribution in [0.3, 0.4) is 0 Å². The summed E-state index contributed by atoms with van der Waals surface area (Å²) < 4.78 is 113. The summed E-state index contributed by atoms with van der Waals surface area (Å²) in [6.45, 7) is 5.20. The van der Waals surface area contributed by atoms with Crippen molar-refractivity contribution in [2.45, 2.75) is 96.3 Å². The van der Waals surface area contributed by atoms with Gasteiger partial charge in [-0.05, 0) is 68.4 Å². The Hall–Kier alpha value is -3.45. The first kappa shape index (κ1) is 39.6. The highest BCUT2D eigenvalue weighted by atomic mass is 19.4. The predicted molar refractivity (Wildman–Crippen MR) is 153 cm³/mol. The number of alkyl halides is 9. The number of allylic oxidation sites excluding steroid dienone is 6. The number of carboxylic acid groups (broad SMARTS) is 1. The third-order valence-electron chi connectivity index (χ3n) is 7.32. The van der Waals surface area contributed by atoms with Crippen LogP contribution < -0.4 is 10.2 Å². The molecule has 3 aliphatic rings. The number of halogens is 9. The highest BCUT2D eigenvalue weighted by molar-refractivity contribution is 5.61. The van der Waals surface area contributed by atoms with E-state index >= 15 is 0 Å². The molecule has 1 fully saturated rings. The van der Waals surface area contributed by atoms with Gasteiger partial charge < -0.3 is 15.3 Å². The van der Waals surface area contributed by atoms with Gasteiger partial charge >= 0.3 is 18.5 Å². The van der Waals surface area contributed by atoms with Gasteiger partial charge in [0.2, 0.25) is 6.41 Å². The van der Waals surface area contributed by atoms with Gasteiger partial charge in [0, 0.05) is 24.4 Å². The van der Waals surface area contributed by atoms with Gasteiger partial charge in [0.1, 0.15) is 0 Å². The van der Waals surface area contributed by atoms with Crippen LogP contribution in [0.5, 0.6) is 0 Å². The molecule has 1 saturated carbocycles. The van der Waals surface area contributed by atoms with Crippen molar-refractivity contribution >= 4 is 18.6 Å². The summed E-state index contributed by atoms with van der Waals surface area (Å²) in [6, 6.07) is 3.76. The summed E-state index contributed by atoms with van der Waals surface area (Å²) in [5.74, 6) is 0.548. The molecule has 0 radical (unpaired) electrons. The van der Waals surface area contributed by atoms with E-state index in [1.165, 1.54) is 32.3 Å². The summed E-state index contributed by atoms with van der Waals surface area (Å²) in [6.07, 6.45) is -5.13. The summed E-state index contributed by atoms with van der Waals surface area (Å²) in [4.78, 5) is 21.4. The first-order chi connectivity index (χ1) is 20.8. The van der Waals surface area contributed by atoms with Crippen molar-refractivity contribution in [1.29, 1.82) is 0 Å². The Labute approximate surface area is 256 Å². The molecule has 2 atom stereocenters. The topological polar surface area (TPSA) is 69.6 Å². The van der Waals surface area contributed by atoms with Crippen LogP contribution in [0, 0.1) is 5.92 Å². The molecule has 45 heavy (non-hydrogen) atoms. The molecule has 1 heterocycles. The van der Waals surface area contributed by atoms with E-state index in [2.05, 4.69) is 24.1 Å². The van der Waals surface area contributed by atoms with Crippen LogP contribution in [0.25, 0.3) is 0 Å². The fourth-order valence-corrected chi connectivity index (χ4v) is 5.42. The fourth-order valence-electron chi connectivity index (χ4n) is 5.42. The zero-order valence-electron chi connectivity index (χ0n) is 25.4. The molecule has 1 aromatic rings. The van der Waals surface area contributed by atoms with Crippen molar-refractivity contribution in [1.82, 2.24) is 5.32 Å². The van der Waals surface area contributed by atoms with Crippen LogP contribution >= 0.6 is 0 Å². The minimum Gasteiger partial charge on any atom is -0.483 e. The molecule has 0 bridgehead atoms. The quantitative estimate of drug-likeness (QED) is 0.251. The Balaban J connectivity index is 0.000000401. The highest BCUT2D eigenvalue weighted by Gasteiger charge is 2.39. The average Bonchev–Trinajstić information content (AvgIpc) is 3.37. The van der Waals surface area contributed by atoms with E-state index in [0.29, 0.717) is 36.5 Å². The third-order valence-corrected chi connectivity index (χ3v) is 7.32. The molecule has 2 unspecified atom stereocenters. The molecule has 2 N–H and O–H groups in total. The maximum Gasteiger partial charge on any atom is 0.416 e. The lowest BCUT2D eigenvalue weighted by atomic mass is 9.83. The molecule has 14 heteroatoms. The lowest BCUT2D eigenvalue weighted by Gasteiger charge is -2.43. The van der Waals surface area contributed by atoms with Gasteiger partial charge in [0.25, 0.3) is 6.47 Å². The van der Waals surface area contributed by atoms with E-state index in [4.69, 9.17) is 9.90 Å². The van der Waals surface area contributed by atoms with E-state index in [9.17, 15) is 44.3 Å². The van der Waals surface area contributed by atoms with Gasteiger partial charge in [0.15, 0.2) is 0 Å². The smallest absolute Gasteiger partial charge is 0.416 e. The van der Waals surface area contributed by atoms with Gasteiger partial charge in [-0.1, -0.05) is 50.8 Å². The lowest BCUT2D eigenvalue weighted by molar-refractivity contribution is -0.137. The van der Waals surface area contributed by atoms with Crippen LogP contribution in [0.1, 0.15) is 82.9 Å². The molecule has 5 nitrogen and oxygen atoms in total. The van der Waals surface area contributed by atoms with Gasteiger partial charge in [0.05, 0.1) is 17.2 Å². The normalized spacial score (nSPS) is 20.2. The van der Waals surface area contributed by atoms with Crippen LogP contribution in [0.2, 0.25) is 0 Å². The molecule has 1 amide bonds. The molecule has 0 spiro atoms. The number of amides is 1. The second-order valence-corrected chi connectivity index (χ2v) is 10.8. The molecule has 0 aromatic heterocycles. The minimum absolute atomic E-state index is 0.0617. The maximum absolute atomic E-state index is 13.0. The molecule has 254 valence electrons. The fraction of sp³-hybridized carbons (Fsp3) is 0.548. The standard InChI is InChI=1S/C17H21F3N2O.C10H8F6.C3H8.CH2O2/c1-22-15-7-6-12(17(18,19)20)8-13(15)14(21-10-23)9-16(22)11-4-2-3-5-11;1-6-4-7(9(11,12)13)2-3-8(5-6)10(14,15)16;1-3-2;2-1-3/h6-8,10-11,14,16H,2-5,9H2,1H3,(H,21,23);2,4-5H,3H2,1H3;3H2,1-2H3;1H,(H,2,3). The first-order valence-electron chi connectivity index (χ1n) is 14.3. The van der Waals surface area contributed by atoms with E-state index < -0.39 is 41.7 Å². The Morgan fingerprint density at radius 3 is 1.96 bits per heavy atom. The van der Waals surface area contributed by atoms with Crippen molar-refractivity contribution in [2.75, 3.05) is 11.9 Å². The van der Waals surface area contributed by atoms with Crippen molar-refractivity contribution < 1.29 is 54.2 Å². The monoisotopic (exact) mass is 658 g/mol. The number of hydrogen-bond donors (Lipinski definition) is 2. The highest BCUT2D eigenvalue weighted by Crippen LogP contribution is 2.44. The summed E-state index contributed by atoms with van der Waals surface area (Å²) in [5.41, 5.74) is -1.39. The molecule has 1 aromatic carbocycles. The second-order valence-electron chi connectivity index (χ2n) is 10.8. The van der Waals surface area contributed by atoms with E-state index in [0.717, 1.165) is 30.7 Å². The Morgan fingerprint density at radius 1 is 0.933 bits per heavy atom. The second kappa shape index (κ2) is 17.3. The lowest BCUT2D eigenvalue weighted by Crippen LogP contribution is -2.44. The average molecular weight is 659 g/mol. The van der Waals surface area contributed by atoms with Crippen molar-refractivity contribution in [3.8, 4) is 0 Å². The summed E-state index contributed by atoms with van der Waals surface area (Å²) in [5, 5.41) is 9.61. The van der Waals surface area contributed by atoms with E-state index in [-0.39, 0.29) is 24.1 Å². The number of benzene rings is 1. The number of nitrogens with zero attached hydrogens (tertiary/aromatic N) is 1. The number of carbonyl (C=O) groups excluding carboxylic acids is 1. The SMILES string of the molecule is CC1=CC(C(F)(F)F)=CCC(C(F)(F)F)=C1.CCC.CN1c2ccc(C(F)(F)F)cc2C(NC=O)CC1C1CCCC1.O=CO. The van der Waals surface area contributed by atoms with Crippen LogP contribution in [-0.4, -0.2) is 43.4 Å². The Kier molecular flexibility index (Phi) is 15.2. The number of anilines is 1. The minimum atomic E-state index is -4.61. The molecular weight excluding hydrogens is 619 g/mol. The number of rotatable bonds is 3. The molecule has 1 aliphatic heterocycles. The van der Waals surface area contributed by atoms with E-state index in [1.54, 1.807) is 6.07 Å². The molecular formula is C31H39F9N2O3. The molecule has 0 saturated heterocycles. The number of fused-ring (bicyclic) bond motifs is 1. The van der Waals surface area contributed by atoms with Crippen LogP contribution in [0.4, 0.5) is 45.2 Å². The first-order valence-corrected chi connectivity index (χ1v) is 14.3. The predicted octanol–water partition coefficient (Wildman–Crippen LogP) is 9.32. The van der Waals surface area contributed by atoms with Crippen molar-refractivity contribution in [3.63, 3.8) is 0 Å². The van der Waals surface area contributed by atoms with Gasteiger partial charge in [-0.3, -0.25) is 9.59 Å². The van der Waals surface area contributed by atoms with Gasteiger partial charge in [-0.15, -0.1) is 0 Å². The summed E-state index contributed by atoms with van der Waals surface area (Å²) in [7, 11) is 1.95. The van der Waals surface area contributed by atoms with Crippen molar-refractivity contribution in [2.24, 2.45) is 5.92 Å². The van der Waals surface area contributed by atoms with Crippen molar-refractivity contribution in [3.05, 3.63) is 64.3 Å². The molecule has 4 rings (SSSR count). The number of hydrogen-bond acceptors (Lipinski definition) is 3. The van der Waals surface area contributed by atoms with Crippen LogP contribution in [-0.2, 0) is 15.8 Å². The number of carbonyl (C=O) groups is 2. The largest absolute Gasteiger partial charge is 0.483 e. The molecule has 2 aliphatic carbocycles. The summed E-state index contributed by atoms with van der Waals surface area (Å²) >= 11 is 0. The Morgan fingerprint density at radius 2 is 1.49 bits per heavy atom. The Bertz CT molecular complexity index is 1200. The van der Waals surface area contributed by atoms with E-state index in [1.807, 2.05) is 7.05 Å². The third kappa shape index (κ3) is 12.1. The van der Waals surface area contributed by atoms with Gasteiger partial charge in [-0.25, -0.2) is 0 Å². The zero-order chi connectivity index (χ0) is 34.6. The zero-order valence-corrected chi connectivity index (χ0v) is 25.4. The number of nitrogens with one attached hydrogen (secondary N) is 1. The maximum atomic E-state index is 13.0. The van der Waals surface area contributed by atoms with Crippen LogP contribution in [0.15, 0.2) is 53.1 Å².